The van der Waals surface area contributed by atoms with Gasteiger partial charge < -0.3 is 23.9 Å². The maximum atomic E-state index is 16.4. The number of aryl methyl sites for hydroxylation is 1. The molecule has 0 saturated carbocycles. The van der Waals surface area contributed by atoms with Crippen molar-refractivity contribution < 1.29 is 18.4 Å². The number of benzene rings is 1. The lowest BCUT2D eigenvalue weighted by atomic mass is 10.1. The summed E-state index contributed by atoms with van der Waals surface area (Å²) in [4.78, 5) is 28.2. The first-order chi connectivity index (χ1) is 19.0. The summed E-state index contributed by atoms with van der Waals surface area (Å²) in [7, 11) is 0. The van der Waals surface area contributed by atoms with Crippen molar-refractivity contribution in [2.24, 2.45) is 0 Å². The van der Waals surface area contributed by atoms with Gasteiger partial charge in [-0.3, -0.25) is 9.78 Å². The van der Waals surface area contributed by atoms with E-state index in [1.165, 1.54) is 0 Å². The van der Waals surface area contributed by atoms with Crippen molar-refractivity contribution in [2.45, 2.75) is 13.8 Å². The van der Waals surface area contributed by atoms with Crippen molar-refractivity contribution in [1.29, 1.82) is 0 Å². The summed E-state index contributed by atoms with van der Waals surface area (Å²) in [6, 6.07) is 12.9. The Balaban J connectivity index is 1.30. The highest BCUT2D eigenvalue weighted by molar-refractivity contribution is 5.97. The molecule has 5 heterocycles. The van der Waals surface area contributed by atoms with Crippen molar-refractivity contribution >= 4 is 39.7 Å². The van der Waals surface area contributed by atoms with E-state index >= 15 is 4.48 Å². The molecule has 2 aliphatic heterocycles. The van der Waals surface area contributed by atoms with E-state index in [4.69, 9.17) is 14.1 Å². The Labute approximate surface area is 226 Å². The average molecular weight is 531 g/mol. The fraction of sp³-hybridized carbons (Fsp3) is 0.345. The first-order valence-corrected chi connectivity index (χ1v) is 13.2. The number of nitrogens with zero attached hydrogens (tertiary/aromatic N) is 6. The maximum absolute atomic E-state index is 16.4. The fourth-order valence-electron chi connectivity index (χ4n) is 5.31. The number of aromatic nitrogens is 2. The van der Waals surface area contributed by atoms with E-state index in [-0.39, 0.29) is 5.91 Å². The Morgan fingerprint density at radius 3 is 2.46 bits per heavy atom. The second-order valence-corrected chi connectivity index (χ2v) is 9.90. The third-order valence-corrected chi connectivity index (χ3v) is 7.40. The molecule has 2 aliphatic rings. The molecule has 0 bridgehead atoms. The summed E-state index contributed by atoms with van der Waals surface area (Å²) in [6.07, 6.45) is 3.30. The average Bonchev–Trinajstić information content (AvgIpc) is 3.43. The molecule has 0 N–H and O–H groups in total. The summed E-state index contributed by atoms with van der Waals surface area (Å²) in [5, 5.41) is 1.44. The molecule has 0 radical (unpaired) electrons. The molecule has 202 valence electrons. The molecule has 6 rings (SSSR count). The Hall–Kier alpha value is -4.18. The lowest BCUT2D eigenvalue weighted by molar-refractivity contribution is 0.0713. The van der Waals surface area contributed by atoms with Gasteiger partial charge in [-0.1, -0.05) is 22.7 Å². The number of halogens is 1. The number of morpholine rings is 1. The van der Waals surface area contributed by atoms with Crippen molar-refractivity contribution in [3.8, 4) is 0 Å². The smallest absolute Gasteiger partial charge is 0.289 e. The van der Waals surface area contributed by atoms with Gasteiger partial charge in [-0.25, -0.2) is 4.98 Å². The number of carbonyl (C=O) groups excluding carboxylic acids is 1. The van der Waals surface area contributed by atoms with E-state index in [0.29, 0.717) is 73.6 Å². The lowest BCUT2D eigenvalue weighted by Crippen LogP contribution is -2.49. The number of hydrogen-bond donors (Lipinski definition) is 0. The summed E-state index contributed by atoms with van der Waals surface area (Å²) < 4.78 is 27.3. The molecule has 10 heteroatoms. The number of anilines is 4. The zero-order chi connectivity index (χ0) is 26.9. The second kappa shape index (κ2) is 10.5. The van der Waals surface area contributed by atoms with Crippen LogP contribution < -0.4 is 14.9 Å². The fourth-order valence-corrected chi connectivity index (χ4v) is 5.31. The number of piperazine rings is 1. The number of fused-ring (bicyclic) bond motifs is 1. The number of hydrogen-bond acceptors (Lipinski definition) is 8. The molecule has 0 unspecified atom stereocenters. The highest BCUT2D eigenvalue weighted by Gasteiger charge is 2.28. The van der Waals surface area contributed by atoms with Crippen LogP contribution in [0.1, 0.15) is 21.9 Å². The predicted molar refractivity (Wildman–Crippen MR) is 149 cm³/mol. The van der Waals surface area contributed by atoms with E-state index in [0.717, 1.165) is 34.8 Å². The summed E-state index contributed by atoms with van der Waals surface area (Å²) in [6.45, 7) is 8.69. The standard InChI is InChI=1S/C29H31FN6O3/c1-20-7-8-26(39-20)29(37)35-11-9-34(10-12-35)28-21(2)27(24-5-3-4-6-25(24)32-28)36(30)23-17-22(18-31-19-23)33-13-15-38-16-14-33/h3-8,17-19H,9-16H2,1-2H3. The summed E-state index contributed by atoms with van der Waals surface area (Å²) in [5.41, 5.74) is 3.10. The van der Waals surface area contributed by atoms with E-state index in [1.54, 1.807) is 29.4 Å². The Bertz CT molecular complexity index is 1490. The number of para-hydroxylation sites is 1. The number of furan rings is 1. The number of rotatable bonds is 5. The lowest BCUT2D eigenvalue weighted by Gasteiger charge is -2.36. The third kappa shape index (κ3) is 4.87. The van der Waals surface area contributed by atoms with Crippen LogP contribution in [0.4, 0.5) is 27.4 Å². The third-order valence-electron chi connectivity index (χ3n) is 7.40. The van der Waals surface area contributed by atoms with Gasteiger partial charge in [0.05, 0.1) is 48.2 Å². The summed E-state index contributed by atoms with van der Waals surface area (Å²) >= 11 is 0. The molecule has 2 fully saturated rings. The molecular formula is C29H31FN6O3. The first-order valence-electron chi connectivity index (χ1n) is 13.2. The molecule has 1 amide bonds. The quantitative estimate of drug-likeness (QED) is 0.345. The molecule has 0 spiro atoms. The molecule has 3 aromatic heterocycles. The minimum absolute atomic E-state index is 0.116. The van der Waals surface area contributed by atoms with E-state index in [1.807, 2.05) is 44.2 Å². The van der Waals surface area contributed by atoms with Crippen LogP contribution >= 0.6 is 0 Å². The highest BCUT2D eigenvalue weighted by atomic mass is 19.2. The molecule has 4 aromatic rings. The van der Waals surface area contributed by atoms with Gasteiger partial charge in [0.15, 0.2) is 5.76 Å². The largest absolute Gasteiger partial charge is 0.456 e. The van der Waals surface area contributed by atoms with Crippen LogP contribution in [0.5, 0.6) is 0 Å². The number of amides is 1. The van der Waals surface area contributed by atoms with E-state index in [9.17, 15) is 4.79 Å². The van der Waals surface area contributed by atoms with Crippen LogP contribution in [0.2, 0.25) is 0 Å². The summed E-state index contributed by atoms with van der Waals surface area (Å²) in [5.74, 6) is 1.66. The van der Waals surface area contributed by atoms with Crippen molar-refractivity contribution in [3.63, 3.8) is 0 Å². The predicted octanol–water partition coefficient (Wildman–Crippen LogP) is 4.66. The SMILES string of the molecule is Cc1ccc(C(=O)N2CCN(c3nc4ccccc4c(N(F)c4cncc(N5CCOCC5)c4)c3C)CC2)o1. The van der Waals surface area contributed by atoms with Crippen LogP contribution in [0.3, 0.4) is 0 Å². The van der Waals surface area contributed by atoms with Gasteiger partial charge in [0, 0.05) is 50.2 Å². The highest BCUT2D eigenvalue weighted by Crippen LogP contribution is 2.40. The van der Waals surface area contributed by atoms with Crippen LogP contribution in [0.25, 0.3) is 10.9 Å². The van der Waals surface area contributed by atoms with Crippen molar-refractivity contribution in [3.05, 3.63) is 71.9 Å². The molecule has 9 nitrogen and oxygen atoms in total. The minimum Gasteiger partial charge on any atom is -0.456 e. The molecule has 0 atom stereocenters. The Morgan fingerprint density at radius 2 is 1.72 bits per heavy atom. The zero-order valence-corrected chi connectivity index (χ0v) is 22.1. The zero-order valence-electron chi connectivity index (χ0n) is 22.1. The van der Waals surface area contributed by atoms with Crippen LogP contribution in [-0.2, 0) is 4.74 Å². The first kappa shape index (κ1) is 25.1. The van der Waals surface area contributed by atoms with Crippen molar-refractivity contribution in [2.75, 3.05) is 67.4 Å². The topological polar surface area (TPSA) is 78.2 Å². The van der Waals surface area contributed by atoms with Gasteiger partial charge in [-0.05, 0) is 38.1 Å². The van der Waals surface area contributed by atoms with Crippen LogP contribution in [0, 0.1) is 13.8 Å². The van der Waals surface area contributed by atoms with Gasteiger partial charge in [-0.15, -0.1) is 0 Å². The molecule has 39 heavy (non-hydrogen) atoms. The van der Waals surface area contributed by atoms with E-state index in [2.05, 4.69) is 14.8 Å². The van der Waals surface area contributed by atoms with Gasteiger partial charge >= 0.3 is 0 Å². The maximum Gasteiger partial charge on any atom is 0.289 e. The number of pyridine rings is 2. The number of carbonyl (C=O) groups is 1. The minimum atomic E-state index is -0.116. The number of ether oxygens (including phenoxy) is 1. The van der Waals surface area contributed by atoms with Gasteiger partial charge in [-0.2, -0.15) is 5.12 Å². The molecule has 2 saturated heterocycles. The Morgan fingerprint density at radius 1 is 0.949 bits per heavy atom. The van der Waals surface area contributed by atoms with Crippen LogP contribution in [-0.4, -0.2) is 73.3 Å². The Kier molecular flexibility index (Phi) is 6.78. The van der Waals surface area contributed by atoms with E-state index < -0.39 is 0 Å². The van der Waals surface area contributed by atoms with Crippen molar-refractivity contribution in [1.82, 2.24) is 14.9 Å². The molecule has 0 aliphatic carbocycles. The normalized spacial score (nSPS) is 16.1. The molecular weight excluding hydrogens is 499 g/mol. The second-order valence-electron chi connectivity index (χ2n) is 9.90. The van der Waals surface area contributed by atoms with Gasteiger partial charge in [0.25, 0.3) is 5.91 Å². The monoisotopic (exact) mass is 530 g/mol. The van der Waals surface area contributed by atoms with Gasteiger partial charge in [0.1, 0.15) is 11.6 Å². The van der Waals surface area contributed by atoms with Crippen LogP contribution in [0.15, 0.2) is 59.3 Å². The molecule has 1 aromatic carbocycles. The van der Waals surface area contributed by atoms with Gasteiger partial charge in [0.2, 0.25) is 0 Å².